The minimum absolute atomic E-state index is 0.0159. The molecule has 1 fully saturated rings. The third kappa shape index (κ3) is 3.70. The fraction of sp³-hybridized carbons (Fsp3) is 0.600. The summed E-state index contributed by atoms with van der Waals surface area (Å²) < 4.78 is 5.68. The molecular weight excluding hydrogens is 256 g/mol. The van der Waals surface area contributed by atoms with E-state index in [4.69, 9.17) is 10.5 Å². The second-order valence-corrected chi connectivity index (χ2v) is 5.79. The van der Waals surface area contributed by atoms with E-state index in [-0.39, 0.29) is 11.2 Å². The van der Waals surface area contributed by atoms with Crippen LogP contribution in [-0.4, -0.2) is 17.1 Å². The van der Waals surface area contributed by atoms with E-state index in [1.807, 2.05) is 13.0 Å². The third-order valence-corrected chi connectivity index (χ3v) is 3.93. The predicted molar refractivity (Wildman–Crippen MR) is 77.9 cm³/mol. The first-order valence-electron chi connectivity index (χ1n) is 7.17. The topological polar surface area (TPSA) is 78.4 Å². The first kappa shape index (κ1) is 14.8. The first-order valence-corrected chi connectivity index (χ1v) is 7.17. The molecule has 1 aromatic rings. The Morgan fingerprint density at radius 3 is 2.55 bits per heavy atom. The second-order valence-electron chi connectivity index (χ2n) is 5.79. The number of aryl methyl sites for hydroxylation is 1. The van der Waals surface area contributed by atoms with E-state index in [0.29, 0.717) is 12.4 Å². The van der Waals surface area contributed by atoms with E-state index in [2.05, 4.69) is 0 Å². The Balaban J connectivity index is 2.08. The van der Waals surface area contributed by atoms with Gasteiger partial charge >= 0.3 is 5.69 Å². The van der Waals surface area contributed by atoms with Crippen molar-refractivity contribution in [2.75, 3.05) is 6.61 Å². The highest BCUT2D eigenvalue weighted by molar-refractivity contribution is 5.48. The molecule has 0 heterocycles. The number of hydrogen-bond acceptors (Lipinski definition) is 4. The molecule has 0 radical (unpaired) electrons. The second kappa shape index (κ2) is 6.22. The van der Waals surface area contributed by atoms with Crippen LogP contribution in [0.3, 0.4) is 0 Å². The van der Waals surface area contributed by atoms with Crippen LogP contribution in [0.2, 0.25) is 0 Å². The van der Waals surface area contributed by atoms with E-state index >= 15 is 0 Å². The Kier molecular flexibility index (Phi) is 4.60. The van der Waals surface area contributed by atoms with Gasteiger partial charge in [0.25, 0.3) is 0 Å². The van der Waals surface area contributed by atoms with E-state index in [0.717, 1.165) is 31.2 Å². The lowest BCUT2D eigenvalue weighted by Gasteiger charge is -2.27. The maximum absolute atomic E-state index is 11.1. The van der Waals surface area contributed by atoms with Crippen LogP contribution in [0.1, 0.15) is 44.1 Å². The molecule has 1 aromatic carbocycles. The quantitative estimate of drug-likeness (QED) is 0.520. The number of nitro groups is 1. The van der Waals surface area contributed by atoms with Crippen LogP contribution in [-0.2, 0) is 0 Å². The first-order chi connectivity index (χ1) is 9.50. The van der Waals surface area contributed by atoms with Gasteiger partial charge in [-0.1, -0.05) is 31.7 Å². The molecule has 5 nitrogen and oxygen atoms in total. The summed E-state index contributed by atoms with van der Waals surface area (Å²) in [4.78, 5) is 10.7. The lowest BCUT2D eigenvalue weighted by atomic mass is 9.92. The van der Waals surface area contributed by atoms with E-state index < -0.39 is 4.92 Å². The molecule has 0 spiro atoms. The van der Waals surface area contributed by atoms with Crippen molar-refractivity contribution in [1.29, 1.82) is 0 Å². The molecule has 20 heavy (non-hydrogen) atoms. The van der Waals surface area contributed by atoms with Crippen LogP contribution in [0.4, 0.5) is 5.69 Å². The van der Waals surface area contributed by atoms with Crippen LogP contribution in [0.25, 0.3) is 0 Å². The number of nitrogens with zero attached hydrogens (tertiary/aromatic N) is 1. The van der Waals surface area contributed by atoms with Gasteiger partial charge < -0.3 is 10.5 Å². The third-order valence-electron chi connectivity index (χ3n) is 3.93. The Labute approximate surface area is 119 Å². The number of nitro benzene ring substituents is 1. The molecule has 0 atom stereocenters. The molecule has 0 bridgehead atoms. The smallest absolute Gasteiger partial charge is 0.311 e. The lowest BCUT2D eigenvalue weighted by Crippen LogP contribution is -2.45. The molecule has 0 aliphatic heterocycles. The minimum atomic E-state index is -0.404. The summed E-state index contributed by atoms with van der Waals surface area (Å²) in [5.41, 5.74) is 6.88. The van der Waals surface area contributed by atoms with Crippen molar-refractivity contribution in [3.8, 4) is 5.75 Å². The average molecular weight is 278 g/mol. The molecule has 0 amide bonds. The van der Waals surface area contributed by atoms with Crippen molar-refractivity contribution in [2.45, 2.75) is 51.0 Å². The molecule has 0 unspecified atom stereocenters. The minimum Gasteiger partial charge on any atom is -0.485 e. The van der Waals surface area contributed by atoms with Gasteiger partial charge in [0.15, 0.2) is 5.75 Å². The van der Waals surface area contributed by atoms with Gasteiger partial charge in [-0.3, -0.25) is 10.1 Å². The summed E-state index contributed by atoms with van der Waals surface area (Å²) >= 11 is 0. The van der Waals surface area contributed by atoms with Gasteiger partial charge in [0.1, 0.15) is 6.61 Å². The van der Waals surface area contributed by atoms with Gasteiger partial charge in [0.05, 0.1) is 10.5 Å². The molecule has 1 saturated carbocycles. The normalized spacial score (nSPS) is 18.3. The molecule has 0 saturated heterocycles. The standard InChI is InChI=1S/C15H22N2O3/c1-12-6-7-14(13(10-12)17(18)19)20-11-15(16)8-4-2-3-5-9-15/h6-7,10H,2-5,8-9,11,16H2,1H3. The zero-order chi connectivity index (χ0) is 14.6. The maximum atomic E-state index is 11.1. The summed E-state index contributed by atoms with van der Waals surface area (Å²) in [6, 6.07) is 5.01. The highest BCUT2D eigenvalue weighted by Crippen LogP contribution is 2.30. The summed E-state index contributed by atoms with van der Waals surface area (Å²) in [7, 11) is 0. The lowest BCUT2D eigenvalue weighted by molar-refractivity contribution is -0.386. The van der Waals surface area contributed by atoms with Crippen LogP contribution in [0.5, 0.6) is 5.75 Å². The van der Waals surface area contributed by atoms with Crippen LogP contribution >= 0.6 is 0 Å². The molecule has 1 aliphatic carbocycles. The molecule has 2 rings (SSSR count). The number of ether oxygens (including phenoxy) is 1. The van der Waals surface area contributed by atoms with Gasteiger partial charge in [-0.15, -0.1) is 0 Å². The van der Waals surface area contributed by atoms with E-state index in [1.165, 1.54) is 18.9 Å². The fourth-order valence-electron chi connectivity index (χ4n) is 2.69. The molecular formula is C15H22N2O3. The molecule has 0 aromatic heterocycles. The van der Waals surface area contributed by atoms with Gasteiger partial charge in [-0.05, 0) is 31.4 Å². The van der Waals surface area contributed by atoms with Crippen molar-refractivity contribution in [1.82, 2.24) is 0 Å². The van der Waals surface area contributed by atoms with Gasteiger partial charge in [0.2, 0.25) is 0 Å². The number of hydrogen-bond donors (Lipinski definition) is 1. The summed E-state index contributed by atoms with van der Waals surface area (Å²) in [6.45, 7) is 2.17. The Morgan fingerprint density at radius 1 is 1.30 bits per heavy atom. The van der Waals surface area contributed by atoms with Crippen LogP contribution in [0, 0.1) is 17.0 Å². The highest BCUT2D eigenvalue weighted by Gasteiger charge is 2.28. The number of nitrogens with two attached hydrogens (primary N) is 1. The van der Waals surface area contributed by atoms with Crippen LogP contribution < -0.4 is 10.5 Å². The largest absolute Gasteiger partial charge is 0.485 e. The van der Waals surface area contributed by atoms with Gasteiger partial charge in [-0.25, -0.2) is 0 Å². The zero-order valence-corrected chi connectivity index (χ0v) is 11.9. The van der Waals surface area contributed by atoms with Crippen molar-refractivity contribution in [3.63, 3.8) is 0 Å². The summed E-state index contributed by atoms with van der Waals surface area (Å²) in [6.07, 6.45) is 6.48. The molecule has 5 heteroatoms. The summed E-state index contributed by atoms with van der Waals surface area (Å²) in [5, 5.41) is 11.1. The van der Waals surface area contributed by atoms with Crippen molar-refractivity contribution < 1.29 is 9.66 Å². The van der Waals surface area contributed by atoms with Gasteiger partial charge in [0, 0.05) is 6.07 Å². The van der Waals surface area contributed by atoms with Gasteiger partial charge in [-0.2, -0.15) is 0 Å². The van der Waals surface area contributed by atoms with Crippen molar-refractivity contribution in [2.24, 2.45) is 5.73 Å². The number of benzene rings is 1. The maximum Gasteiger partial charge on any atom is 0.311 e. The Bertz CT molecular complexity index is 480. The van der Waals surface area contributed by atoms with E-state index in [1.54, 1.807) is 6.07 Å². The average Bonchev–Trinajstić information content (AvgIpc) is 2.62. The SMILES string of the molecule is Cc1ccc(OCC2(N)CCCCCC2)c([N+](=O)[O-])c1. The number of rotatable bonds is 4. The Morgan fingerprint density at radius 2 is 1.95 bits per heavy atom. The fourth-order valence-corrected chi connectivity index (χ4v) is 2.69. The molecule has 1 aliphatic rings. The van der Waals surface area contributed by atoms with Crippen LogP contribution in [0.15, 0.2) is 18.2 Å². The van der Waals surface area contributed by atoms with E-state index in [9.17, 15) is 10.1 Å². The Hall–Kier alpha value is -1.62. The highest BCUT2D eigenvalue weighted by atomic mass is 16.6. The molecule has 2 N–H and O–H groups in total. The molecule has 110 valence electrons. The van der Waals surface area contributed by atoms with Crippen molar-refractivity contribution >= 4 is 5.69 Å². The monoisotopic (exact) mass is 278 g/mol. The predicted octanol–water partition coefficient (Wildman–Crippen LogP) is 3.33. The summed E-state index contributed by atoms with van der Waals surface area (Å²) in [5.74, 6) is 0.315. The zero-order valence-electron chi connectivity index (χ0n) is 11.9. The van der Waals surface area contributed by atoms with Crippen molar-refractivity contribution in [3.05, 3.63) is 33.9 Å².